The minimum atomic E-state index is -0.938. The number of hydrogen-bond donors (Lipinski definition) is 2. The molecule has 0 saturated carbocycles. The van der Waals surface area contributed by atoms with Crippen molar-refractivity contribution < 1.29 is 9.90 Å². The summed E-state index contributed by atoms with van der Waals surface area (Å²) in [5, 5.41) is 9.06. The molecule has 0 spiro atoms. The van der Waals surface area contributed by atoms with E-state index in [0.717, 1.165) is 16.9 Å². The lowest BCUT2D eigenvalue weighted by Gasteiger charge is -2.32. The molecular weight excluding hydrogens is 480 g/mol. The SMILES string of the molecule is CSCc1ccc([C@](C)(c2ccc(C#Cc3ccc(C(=O)O)cc3)cc2)c2ccc(CS)cc2)cc1. The molecule has 0 aliphatic carbocycles. The zero-order valence-electron chi connectivity index (χ0n) is 20.4. The fourth-order valence-corrected chi connectivity index (χ4v) is 5.01. The number of carboxylic acids is 1. The number of thiol groups is 1. The summed E-state index contributed by atoms with van der Waals surface area (Å²) in [6.45, 7) is 2.27. The number of carboxylic acid groups (broad SMARTS) is 1. The van der Waals surface area contributed by atoms with Crippen LogP contribution in [-0.4, -0.2) is 17.3 Å². The Hall–Kier alpha value is -3.39. The summed E-state index contributed by atoms with van der Waals surface area (Å²) in [6, 6.07) is 32.7. The van der Waals surface area contributed by atoms with E-state index in [1.165, 1.54) is 27.8 Å². The Labute approximate surface area is 223 Å². The Morgan fingerprint density at radius 2 is 1.17 bits per heavy atom. The molecule has 0 radical (unpaired) electrons. The maximum absolute atomic E-state index is 11.0. The van der Waals surface area contributed by atoms with Crippen molar-refractivity contribution >= 4 is 30.4 Å². The summed E-state index contributed by atoms with van der Waals surface area (Å²) in [7, 11) is 0. The van der Waals surface area contributed by atoms with Gasteiger partial charge in [-0.15, -0.1) is 0 Å². The number of thioether (sulfide) groups is 1. The van der Waals surface area contributed by atoms with Crippen molar-refractivity contribution in [3.8, 4) is 11.8 Å². The van der Waals surface area contributed by atoms with E-state index in [2.05, 4.69) is 110 Å². The quantitative estimate of drug-likeness (QED) is 0.155. The molecule has 36 heavy (non-hydrogen) atoms. The Kier molecular flexibility index (Phi) is 8.25. The second-order valence-corrected chi connectivity index (χ2v) is 10.0. The predicted molar refractivity (Wildman–Crippen MR) is 154 cm³/mol. The van der Waals surface area contributed by atoms with Crippen molar-refractivity contribution in [3.63, 3.8) is 0 Å². The van der Waals surface area contributed by atoms with Crippen molar-refractivity contribution in [3.05, 3.63) is 142 Å². The van der Waals surface area contributed by atoms with Crippen molar-refractivity contribution in [1.82, 2.24) is 0 Å². The van der Waals surface area contributed by atoms with Gasteiger partial charge in [0.15, 0.2) is 0 Å². The highest BCUT2D eigenvalue weighted by atomic mass is 32.2. The minimum absolute atomic E-state index is 0.257. The third kappa shape index (κ3) is 5.70. The first-order valence-corrected chi connectivity index (χ1v) is 13.7. The van der Waals surface area contributed by atoms with E-state index in [1.807, 2.05) is 11.8 Å². The first-order chi connectivity index (χ1) is 17.4. The molecule has 4 aromatic carbocycles. The van der Waals surface area contributed by atoms with Gasteiger partial charge in [-0.05, 0) is 77.4 Å². The van der Waals surface area contributed by atoms with Crippen LogP contribution in [0, 0.1) is 11.8 Å². The number of hydrogen-bond acceptors (Lipinski definition) is 3. The highest BCUT2D eigenvalue weighted by Gasteiger charge is 2.31. The number of rotatable bonds is 7. The van der Waals surface area contributed by atoms with Gasteiger partial charge in [0, 0.05) is 28.0 Å². The van der Waals surface area contributed by atoms with Gasteiger partial charge in [-0.25, -0.2) is 4.79 Å². The van der Waals surface area contributed by atoms with Gasteiger partial charge in [0.05, 0.1) is 5.56 Å². The molecule has 1 N–H and O–H groups in total. The van der Waals surface area contributed by atoms with Crippen LogP contribution < -0.4 is 0 Å². The van der Waals surface area contributed by atoms with Crippen LogP contribution in [0.5, 0.6) is 0 Å². The molecule has 4 heteroatoms. The Balaban J connectivity index is 1.68. The van der Waals surface area contributed by atoms with Crippen LogP contribution in [0.3, 0.4) is 0 Å². The highest BCUT2D eigenvalue weighted by Crippen LogP contribution is 2.39. The number of benzene rings is 4. The average Bonchev–Trinajstić information content (AvgIpc) is 2.92. The van der Waals surface area contributed by atoms with Crippen molar-refractivity contribution in [2.24, 2.45) is 0 Å². The van der Waals surface area contributed by atoms with E-state index in [4.69, 9.17) is 5.11 Å². The molecule has 0 fully saturated rings. The maximum atomic E-state index is 11.0. The molecule has 0 bridgehead atoms. The lowest BCUT2D eigenvalue weighted by atomic mass is 9.71. The molecule has 4 aromatic rings. The lowest BCUT2D eigenvalue weighted by molar-refractivity contribution is 0.0697. The van der Waals surface area contributed by atoms with E-state index in [-0.39, 0.29) is 11.0 Å². The highest BCUT2D eigenvalue weighted by molar-refractivity contribution is 7.97. The molecule has 2 nitrogen and oxygen atoms in total. The number of carbonyl (C=O) groups is 1. The summed E-state index contributed by atoms with van der Waals surface area (Å²) in [5.74, 6) is 7.10. The third-order valence-electron chi connectivity index (χ3n) is 6.50. The van der Waals surface area contributed by atoms with Gasteiger partial charge in [-0.3, -0.25) is 0 Å². The molecule has 0 aromatic heterocycles. The van der Waals surface area contributed by atoms with Crippen LogP contribution in [0.1, 0.15) is 56.2 Å². The van der Waals surface area contributed by atoms with Crippen LogP contribution in [-0.2, 0) is 16.9 Å². The molecule has 0 amide bonds. The van der Waals surface area contributed by atoms with Gasteiger partial charge >= 0.3 is 5.97 Å². The first kappa shape index (κ1) is 25.7. The van der Waals surface area contributed by atoms with E-state index < -0.39 is 5.97 Å². The van der Waals surface area contributed by atoms with E-state index in [0.29, 0.717) is 5.75 Å². The minimum Gasteiger partial charge on any atom is -0.478 e. The summed E-state index contributed by atoms with van der Waals surface area (Å²) in [6.07, 6.45) is 2.12. The molecule has 180 valence electrons. The van der Waals surface area contributed by atoms with Gasteiger partial charge in [0.1, 0.15) is 0 Å². The van der Waals surface area contributed by atoms with Crippen molar-refractivity contribution in [1.29, 1.82) is 0 Å². The average molecular weight is 509 g/mol. The van der Waals surface area contributed by atoms with Crippen molar-refractivity contribution in [2.75, 3.05) is 6.26 Å². The smallest absolute Gasteiger partial charge is 0.335 e. The molecular formula is C32H28O2S2. The van der Waals surface area contributed by atoms with Gasteiger partial charge < -0.3 is 5.11 Å². The zero-order valence-corrected chi connectivity index (χ0v) is 22.1. The van der Waals surface area contributed by atoms with Crippen LogP contribution in [0.4, 0.5) is 0 Å². The summed E-state index contributed by atoms with van der Waals surface area (Å²) >= 11 is 6.24. The summed E-state index contributed by atoms with van der Waals surface area (Å²) in [4.78, 5) is 11.0. The fraction of sp³-hybridized carbons (Fsp3) is 0.156. The molecule has 0 heterocycles. The normalized spacial score (nSPS) is 12.3. The molecule has 0 saturated heterocycles. The molecule has 0 aliphatic rings. The zero-order chi connectivity index (χ0) is 25.5. The monoisotopic (exact) mass is 508 g/mol. The van der Waals surface area contributed by atoms with E-state index in [1.54, 1.807) is 24.3 Å². The van der Waals surface area contributed by atoms with Crippen LogP contribution >= 0.6 is 24.4 Å². The largest absolute Gasteiger partial charge is 0.478 e. The molecule has 0 unspecified atom stereocenters. The van der Waals surface area contributed by atoms with Gasteiger partial charge in [0.2, 0.25) is 0 Å². The molecule has 0 aliphatic heterocycles. The molecule has 1 atom stereocenters. The van der Waals surface area contributed by atoms with E-state index >= 15 is 0 Å². The fourth-order valence-electron chi connectivity index (χ4n) is 4.27. The maximum Gasteiger partial charge on any atom is 0.335 e. The predicted octanol–water partition coefficient (Wildman–Crippen LogP) is 7.43. The third-order valence-corrected chi connectivity index (χ3v) is 7.49. The van der Waals surface area contributed by atoms with Gasteiger partial charge in [-0.2, -0.15) is 24.4 Å². The second kappa shape index (κ2) is 11.6. The van der Waals surface area contributed by atoms with Crippen LogP contribution in [0.15, 0.2) is 97.1 Å². The second-order valence-electron chi connectivity index (χ2n) is 8.82. The van der Waals surface area contributed by atoms with Gasteiger partial charge in [0.25, 0.3) is 0 Å². The Bertz CT molecular complexity index is 1380. The summed E-state index contributed by atoms with van der Waals surface area (Å²) in [5.41, 5.74) is 7.79. The summed E-state index contributed by atoms with van der Waals surface area (Å²) < 4.78 is 0. The van der Waals surface area contributed by atoms with E-state index in [9.17, 15) is 4.79 Å². The van der Waals surface area contributed by atoms with Gasteiger partial charge in [-0.1, -0.05) is 72.5 Å². The standard InChI is InChI=1S/C32H28O2S2/c1-32(29-17-9-25(21-35)10-18-29,30-19-11-26(12-20-30)22-36-2)28-15-7-24(8-16-28)4-3-23-5-13-27(14-6-23)31(33)34/h5-20,35H,21-22H2,1-2H3,(H,33,34)/t32-/m1/s1. The van der Waals surface area contributed by atoms with Crippen molar-refractivity contribution in [2.45, 2.75) is 23.8 Å². The Morgan fingerprint density at radius 3 is 1.58 bits per heavy atom. The number of aromatic carboxylic acids is 1. The topological polar surface area (TPSA) is 37.3 Å². The first-order valence-electron chi connectivity index (χ1n) is 11.7. The Morgan fingerprint density at radius 1 is 0.750 bits per heavy atom. The van der Waals surface area contributed by atoms with Crippen LogP contribution in [0.25, 0.3) is 0 Å². The molecule has 4 rings (SSSR count). The van der Waals surface area contributed by atoms with Crippen LogP contribution in [0.2, 0.25) is 0 Å². The lowest BCUT2D eigenvalue weighted by Crippen LogP contribution is -2.25.